The van der Waals surface area contributed by atoms with E-state index in [9.17, 15) is 9.18 Å². The van der Waals surface area contributed by atoms with Crippen LogP contribution in [-0.2, 0) is 9.53 Å². The Morgan fingerprint density at radius 2 is 1.83 bits per heavy atom. The Morgan fingerprint density at radius 1 is 1.17 bits per heavy atom. The van der Waals surface area contributed by atoms with E-state index in [0.29, 0.717) is 0 Å². The first-order chi connectivity index (χ1) is 11.3. The first-order valence-corrected chi connectivity index (χ1v) is 8.72. The Morgan fingerprint density at radius 3 is 2.38 bits per heavy atom. The second-order valence-corrected chi connectivity index (χ2v) is 7.02. The summed E-state index contributed by atoms with van der Waals surface area (Å²) in [5.74, 6) is -0.979. The van der Waals surface area contributed by atoms with Crippen molar-refractivity contribution in [2.24, 2.45) is 0 Å². The average Bonchev–Trinajstić information content (AvgIpc) is 2.75. The van der Waals surface area contributed by atoms with Gasteiger partial charge in [-0.15, -0.1) is 11.3 Å². The third-order valence-corrected chi connectivity index (χ3v) is 4.76. The maximum atomic E-state index is 14.0. The number of allylic oxidation sites excluding steroid dienone is 6. The predicted molar refractivity (Wildman–Crippen MR) is 101 cm³/mol. The van der Waals surface area contributed by atoms with E-state index in [1.165, 1.54) is 27.0 Å². The van der Waals surface area contributed by atoms with Crippen LogP contribution in [-0.4, -0.2) is 12.6 Å². The second kappa shape index (κ2) is 9.38. The smallest absolute Gasteiger partial charge is 0.331 e. The molecule has 0 radical (unpaired) electrons. The molecule has 0 bridgehead atoms. The van der Waals surface area contributed by atoms with Crippen molar-refractivity contribution in [3.8, 4) is 0 Å². The van der Waals surface area contributed by atoms with Gasteiger partial charge in [-0.05, 0) is 64.3 Å². The molecule has 0 fully saturated rings. The minimum atomic E-state index is -0.530. The van der Waals surface area contributed by atoms with Crippen LogP contribution in [0.15, 0.2) is 41.3 Å². The molecule has 1 heterocycles. The molecule has 0 saturated carbocycles. The van der Waals surface area contributed by atoms with Crippen molar-refractivity contribution in [2.75, 3.05) is 6.61 Å². The zero-order valence-electron chi connectivity index (χ0n) is 15.2. The number of carbonyl (C=O) groups is 1. The van der Waals surface area contributed by atoms with E-state index in [1.54, 1.807) is 31.3 Å². The van der Waals surface area contributed by atoms with E-state index in [4.69, 9.17) is 4.74 Å². The van der Waals surface area contributed by atoms with Gasteiger partial charge in [-0.2, -0.15) is 0 Å². The van der Waals surface area contributed by atoms with E-state index >= 15 is 0 Å². The maximum absolute atomic E-state index is 14.0. The standard InChI is InChI=1S/C20H25FO2S/c1-7-23-20(22)12-14(3)19(21)11-9-13(2)8-10-18-15(4)16(5)24-17(18)6/h8-12H,7H2,1-6H3/b10-8+,13-9+,14-12+,19-11-. The van der Waals surface area contributed by atoms with Crippen molar-refractivity contribution >= 4 is 23.4 Å². The van der Waals surface area contributed by atoms with Gasteiger partial charge in [0.1, 0.15) is 5.83 Å². The molecule has 0 aliphatic heterocycles. The summed E-state index contributed by atoms with van der Waals surface area (Å²) in [6.45, 7) is 11.8. The maximum Gasteiger partial charge on any atom is 0.331 e. The van der Waals surface area contributed by atoms with Crippen LogP contribution in [0.3, 0.4) is 0 Å². The number of hydrogen-bond donors (Lipinski definition) is 0. The summed E-state index contributed by atoms with van der Waals surface area (Å²) in [7, 11) is 0. The number of esters is 1. The minimum absolute atomic E-state index is 0.252. The van der Waals surface area contributed by atoms with E-state index in [2.05, 4.69) is 26.8 Å². The molecule has 1 aromatic heterocycles. The molecule has 0 saturated heterocycles. The third kappa shape index (κ3) is 5.93. The molecule has 0 aromatic carbocycles. The highest BCUT2D eigenvalue weighted by Gasteiger charge is 2.05. The van der Waals surface area contributed by atoms with Gasteiger partial charge in [0.2, 0.25) is 0 Å². The normalized spacial score (nSPS) is 13.7. The molecule has 0 aliphatic rings. The number of carbonyl (C=O) groups excluding carboxylic acids is 1. The minimum Gasteiger partial charge on any atom is -0.463 e. The summed E-state index contributed by atoms with van der Waals surface area (Å²) in [5.41, 5.74) is 3.70. The lowest BCUT2D eigenvalue weighted by Gasteiger charge is -1.99. The topological polar surface area (TPSA) is 26.3 Å². The van der Waals surface area contributed by atoms with Crippen molar-refractivity contribution < 1.29 is 13.9 Å². The van der Waals surface area contributed by atoms with Gasteiger partial charge in [0, 0.05) is 15.8 Å². The number of rotatable bonds is 6. The Labute approximate surface area is 148 Å². The van der Waals surface area contributed by atoms with Crippen LogP contribution >= 0.6 is 11.3 Å². The fraction of sp³-hybridized carbons (Fsp3) is 0.350. The fourth-order valence-electron chi connectivity index (χ4n) is 2.09. The molecule has 2 nitrogen and oxygen atoms in total. The van der Waals surface area contributed by atoms with Crippen LogP contribution in [0.2, 0.25) is 0 Å². The molecule has 0 spiro atoms. The van der Waals surface area contributed by atoms with E-state index < -0.39 is 11.8 Å². The van der Waals surface area contributed by atoms with Crippen molar-refractivity contribution in [2.45, 2.75) is 41.5 Å². The molecule has 1 aromatic rings. The third-order valence-electron chi connectivity index (χ3n) is 3.62. The van der Waals surface area contributed by atoms with Gasteiger partial charge in [-0.25, -0.2) is 9.18 Å². The highest BCUT2D eigenvalue weighted by atomic mass is 32.1. The molecule has 0 unspecified atom stereocenters. The van der Waals surface area contributed by atoms with Crippen molar-refractivity contribution in [1.82, 2.24) is 0 Å². The summed E-state index contributed by atoms with van der Waals surface area (Å²) in [6, 6.07) is 0. The quantitative estimate of drug-likeness (QED) is 0.358. The van der Waals surface area contributed by atoms with Gasteiger partial charge in [-0.3, -0.25) is 0 Å². The van der Waals surface area contributed by atoms with Crippen molar-refractivity contribution in [3.05, 3.63) is 62.2 Å². The molecule has 130 valence electrons. The van der Waals surface area contributed by atoms with Gasteiger partial charge in [0.25, 0.3) is 0 Å². The van der Waals surface area contributed by atoms with Crippen LogP contribution in [0.1, 0.15) is 41.7 Å². The molecular weight excluding hydrogens is 323 g/mol. The zero-order valence-corrected chi connectivity index (χ0v) is 16.0. The lowest BCUT2D eigenvalue weighted by molar-refractivity contribution is -0.137. The lowest BCUT2D eigenvalue weighted by atomic mass is 10.1. The van der Waals surface area contributed by atoms with Gasteiger partial charge in [0.15, 0.2) is 0 Å². The Kier molecular flexibility index (Phi) is 7.86. The van der Waals surface area contributed by atoms with Gasteiger partial charge < -0.3 is 4.74 Å². The Hall–Kier alpha value is -1.94. The molecule has 0 aliphatic carbocycles. The van der Waals surface area contributed by atoms with Crippen LogP contribution in [0, 0.1) is 20.8 Å². The van der Waals surface area contributed by atoms with E-state index in [0.717, 1.165) is 11.6 Å². The van der Waals surface area contributed by atoms with Crippen molar-refractivity contribution in [3.63, 3.8) is 0 Å². The average molecular weight is 348 g/mol. The van der Waals surface area contributed by atoms with Crippen molar-refractivity contribution in [1.29, 1.82) is 0 Å². The SMILES string of the molecule is CCOC(=O)/C=C(C)/C(F)=C/C=C(C)/C=C/c1c(C)sc(C)c1C. The molecule has 1 rings (SSSR count). The Bertz CT molecular complexity index is 718. The molecule has 0 N–H and O–H groups in total. The molecule has 24 heavy (non-hydrogen) atoms. The number of halogens is 1. The van der Waals surface area contributed by atoms with Gasteiger partial charge in [0.05, 0.1) is 6.61 Å². The first kappa shape index (κ1) is 20.1. The second-order valence-electron chi connectivity index (χ2n) is 5.59. The predicted octanol–water partition coefficient (Wildman–Crippen LogP) is 6.00. The van der Waals surface area contributed by atoms with Crippen LogP contribution < -0.4 is 0 Å². The molecule has 0 atom stereocenters. The molecule has 4 heteroatoms. The van der Waals surface area contributed by atoms with E-state index in [1.807, 2.05) is 13.0 Å². The number of thiophene rings is 1. The molecule has 0 amide bonds. The zero-order chi connectivity index (χ0) is 18.3. The largest absolute Gasteiger partial charge is 0.463 e. The summed E-state index contributed by atoms with van der Waals surface area (Å²) in [4.78, 5) is 13.9. The van der Waals surface area contributed by atoms with Crippen LogP contribution in [0.5, 0.6) is 0 Å². The summed E-state index contributed by atoms with van der Waals surface area (Å²) < 4.78 is 18.7. The lowest BCUT2D eigenvalue weighted by Crippen LogP contribution is -2.00. The van der Waals surface area contributed by atoms with Crippen LogP contribution in [0.4, 0.5) is 4.39 Å². The monoisotopic (exact) mass is 348 g/mol. The van der Waals surface area contributed by atoms with E-state index in [-0.39, 0.29) is 12.2 Å². The van der Waals surface area contributed by atoms with Crippen LogP contribution in [0.25, 0.3) is 6.08 Å². The molecular formula is C20H25FO2S. The van der Waals surface area contributed by atoms with Gasteiger partial charge in [-0.1, -0.05) is 23.8 Å². The van der Waals surface area contributed by atoms with Gasteiger partial charge >= 0.3 is 5.97 Å². The Balaban J connectivity index is 2.85. The summed E-state index contributed by atoms with van der Waals surface area (Å²) in [6.07, 6.45) is 8.25. The fourth-order valence-corrected chi connectivity index (χ4v) is 3.15. The number of aryl methyl sites for hydroxylation is 2. The number of hydrogen-bond acceptors (Lipinski definition) is 3. The highest BCUT2D eigenvalue weighted by molar-refractivity contribution is 7.12. The summed E-state index contributed by atoms with van der Waals surface area (Å²) >= 11 is 1.79. The first-order valence-electron chi connectivity index (χ1n) is 7.90. The summed E-state index contributed by atoms with van der Waals surface area (Å²) in [5, 5.41) is 0. The highest BCUT2D eigenvalue weighted by Crippen LogP contribution is 2.27. The number of ether oxygens (including phenoxy) is 1.